The molecule has 7 heteroatoms. The molecule has 1 aromatic heterocycles. The van der Waals surface area contributed by atoms with Crippen LogP contribution < -0.4 is 10.6 Å². The van der Waals surface area contributed by atoms with Gasteiger partial charge in [-0.1, -0.05) is 17.7 Å². The number of benzene rings is 1. The fraction of sp³-hybridized carbons (Fsp3) is 0.350. The Balaban J connectivity index is 2.04. The van der Waals surface area contributed by atoms with Crippen molar-refractivity contribution in [3.63, 3.8) is 0 Å². The van der Waals surface area contributed by atoms with Gasteiger partial charge in [0.1, 0.15) is 5.69 Å². The topological polar surface area (TPSA) is 85.5 Å². The van der Waals surface area contributed by atoms with Gasteiger partial charge in [-0.25, -0.2) is 0 Å². The number of nitrogens with zero attached hydrogens (tertiary/aromatic N) is 2. The molecule has 0 saturated carbocycles. The second kappa shape index (κ2) is 7.66. The highest BCUT2D eigenvalue weighted by atomic mass is 35.5. The van der Waals surface area contributed by atoms with Gasteiger partial charge in [-0.05, 0) is 56.5 Å². The average Bonchev–Trinajstić information content (AvgIpc) is 3.03. The van der Waals surface area contributed by atoms with Crippen LogP contribution in [0.3, 0.4) is 0 Å². The zero-order valence-electron chi connectivity index (χ0n) is 15.5. The minimum atomic E-state index is -0.570. The van der Waals surface area contributed by atoms with E-state index in [-0.39, 0.29) is 23.7 Å². The Hall–Kier alpha value is -2.44. The molecule has 2 heterocycles. The summed E-state index contributed by atoms with van der Waals surface area (Å²) in [6.07, 6.45) is 1.95. The molecule has 0 unspecified atom stereocenters. The van der Waals surface area contributed by atoms with E-state index in [2.05, 4.69) is 4.98 Å². The van der Waals surface area contributed by atoms with Gasteiger partial charge in [0, 0.05) is 23.5 Å². The van der Waals surface area contributed by atoms with Crippen molar-refractivity contribution < 1.29 is 14.3 Å². The molecule has 1 saturated heterocycles. The number of carbonyl (C=O) groups is 2. The fourth-order valence-electron chi connectivity index (χ4n) is 3.30. The summed E-state index contributed by atoms with van der Waals surface area (Å²) in [6, 6.07) is 6.99. The SMILES string of the molecule is Cc1ccc(N(C(=O)c2cc(C)c(C(N)=O)cn2)[C@H]2CCO[C@H]2C)cc1Cl. The van der Waals surface area contributed by atoms with Crippen molar-refractivity contribution in [2.45, 2.75) is 39.3 Å². The molecule has 2 N–H and O–H groups in total. The second-order valence-corrected chi connectivity index (χ2v) is 7.20. The van der Waals surface area contributed by atoms with Gasteiger partial charge in [0.25, 0.3) is 11.8 Å². The fourth-order valence-corrected chi connectivity index (χ4v) is 3.48. The van der Waals surface area contributed by atoms with Crippen LogP contribution in [0.1, 0.15) is 45.3 Å². The zero-order valence-corrected chi connectivity index (χ0v) is 16.3. The quantitative estimate of drug-likeness (QED) is 0.872. The van der Waals surface area contributed by atoms with E-state index in [0.29, 0.717) is 28.4 Å². The van der Waals surface area contributed by atoms with Crippen LogP contribution in [0.5, 0.6) is 0 Å². The molecular formula is C20H22ClN3O3. The van der Waals surface area contributed by atoms with E-state index in [9.17, 15) is 9.59 Å². The lowest BCUT2D eigenvalue weighted by molar-refractivity contribution is 0.0920. The Bertz CT molecular complexity index is 900. The number of rotatable bonds is 4. The van der Waals surface area contributed by atoms with Gasteiger partial charge in [-0.15, -0.1) is 0 Å². The van der Waals surface area contributed by atoms with Crippen LogP contribution in [0.15, 0.2) is 30.5 Å². The van der Waals surface area contributed by atoms with Crippen LogP contribution in [-0.4, -0.2) is 35.6 Å². The molecule has 2 aromatic rings. The summed E-state index contributed by atoms with van der Waals surface area (Å²) < 4.78 is 5.67. The van der Waals surface area contributed by atoms with Crippen molar-refractivity contribution in [1.82, 2.24) is 4.98 Å². The van der Waals surface area contributed by atoms with E-state index in [1.54, 1.807) is 24.0 Å². The number of primary amides is 1. The van der Waals surface area contributed by atoms with Crippen LogP contribution in [0.2, 0.25) is 5.02 Å². The highest BCUT2D eigenvalue weighted by molar-refractivity contribution is 6.31. The van der Waals surface area contributed by atoms with Crippen molar-refractivity contribution in [1.29, 1.82) is 0 Å². The third kappa shape index (κ3) is 3.82. The number of anilines is 1. The standard InChI is InChI=1S/C20H22ClN3O3/c1-11-4-5-14(9-16(11)21)24(18-6-7-27-13(18)3)20(26)17-8-12(2)15(10-23-17)19(22)25/h4-5,8-10,13,18H,6-7H2,1-3H3,(H2,22,25)/t13-,18-/m0/s1. The minimum Gasteiger partial charge on any atom is -0.376 e. The maximum atomic E-state index is 13.4. The molecular weight excluding hydrogens is 366 g/mol. The van der Waals surface area contributed by atoms with Crippen LogP contribution in [0, 0.1) is 13.8 Å². The lowest BCUT2D eigenvalue weighted by atomic mass is 10.1. The number of carbonyl (C=O) groups excluding carboxylic acids is 2. The van der Waals surface area contributed by atoms with E-state index in [1.165, 1.54) is 6.20 Å². The van der Waals surface area contributed by atoms with Gasteiger partial charge in [-0.3, -0.25) is 14.6 Å². The Morgan fingerprint density at radius 1 is 1.26 bits per heavy atom. The summed E-state index contributed by atoms with van der Waals surface area (Å²) in [7, 11) is 0. The number of nitrogens with two attached hydrogens (primary N) is 1. The number of hydrogen-bond acceptors (Lipinski definition) is 4. The van der Waals surface area contributed by atoms with Crippen molar-refractivity contribution in [2.24, 2.45) is 5.73 Å². The Morgan fingerprint density at radius 2 is 2.00 bits per heavy atom. The summed E-state index contributed by atoms with van der Waals surface area (Å²) in [5.74, 6) is -0.838. The summed E-state index contributed by atoms with van der Waals surface area (Å²) in [6.45, 7) is 6.17. The lowest BCUT2D eigenvalue weighted by Crippen LogP contribution is -2.44. The van der Waals surface area contributed by atoms with E-state index in [4.69, 9.17) is 22.1 Å². The highest BCUT2D eigenvalue weighted by Gasteiger charge is 2.35. The number of aromatic nitrogens is 1. The first-order valence-corrected chi connectivity index (χ1v) is 9.15. The molecule has 142 valence electrons. The molecule has 1 aromatic carbocycles. The number of pyridine rings is 1. The molecule has 0 radical (unpaired) electrons. The molecule has 1 aliphatic heterocycles. The molecule has 3 rings (SSSR count). The van der Waals surface area contributed by atoms with Crippen molar-refractivity contribution in [3.05, 3.63) is 57.9 Å². The molecule has 27 heavy (non-hydrogen) atoms. The van der Waals surface area contributed by atoms with Crippen molar-refractivity contribution >= 4 is 29.1 Å². The Morgan fingerprint density at radius 3 is 2.56 bits per heavy atom. The second-order valence-electron chi connectivity index (χ2n) is 6.79. The number of halogens is 1. The third-order valence-electron chi connectivity index (χ3n) is 4.92. The first-order valence-electron chi connectivity index (χ1n) is 8.77. The number of aryl methyl sites for hydroxylation is 2. The first-order chi connectivity index (χ1) is 12.8. The van der Waals surface area contributed by atoms with Crippen molar-refractivity contribution in [2.75, 3.05) is 11.5 Å². The Kier molecular flexibility index (Phi) is 5.48. The molecule has 2 amide bonds. The first kappa shape index (κ1) is 19.3. The van der Waals surface area contributed by atoms with Gasteiger partial charge >= 0.3 is 0 Å². The largest absolute Gasteiger partial charge is 0.376 e. The normalized spacial score (nSPS) is 19.1. The molecule has 6 nitrogen and oxygen atoms in total. The summed E-state index contributed by atoms with van der Waals surface area (Å²) in [5.41, 5.74) is 8.11. The van der Waals surface area contributed by atoms with Gasteiger partial charge in [0.05, 0.1) is 17.7 Å². The van der Waals surface area contributed by atoms with Crippen LogP contribution >= 0.6 is 11.6 Å². The predicted molar refractivity (Wildman–Crippen MR) is 104 cm³/mol. The highest BCUT2D eigenvalue weighted by Crippen LogP contribution is 2.30. The zero-order chi connectivity index (χ0) is 19.7. The molecule has 1 aliphatic rings. The average molecular weight is 388 g/mol. The number of hydrogen-bond donors (Lipinski definition) is 1. The van der Waals surface area contributed by atoms with Gasteiger partial charge in [0.15, 0.2) is 0 Å². The van der Waals surface area contributed by atoms with Gasteiger partial charge in [-0.2, -0.15) is 0 Å². The van der Waals surface area contributed by atoms with Gasteiger partial charge < -0.3 is 15.4 Å². The predicted octanol–water partition coefficient (Wildman–Crippen LogP) is 3.27. The monoisotopic (exact) mass is 387 g/mol. The molecule has 1 fully saturated rings. The van der Waals surface area contributed by atoms with E-state index in [1.807, 2.05) is 26.0 Å². The number of amides is 2. The minimum absolute atomic E-state index is 0.111. The molecule has 0 bridgehead atoms. The summed E-state index contributed by atoms with van der Waals surface area (Å²) in [4.78, 5) is 30.7. The Labute approximate surface area is 163 Å². The summed E-state index contributed by atoms with van der Waals surface area (Å²) in [5, 5.41) is 0.588. The van der Waals surface area contributed by atoms with Crippen LogP contribution in [0.4, 0.5) is 5.69 Å². The number of ether oxygens (including phenoxy) is 1. The molecule has 2 atom stereocenters. The third-order valence-corrected chi connectivity index (χ3v) is 5.32. The maximum Gasteiger partial charge on any atom is 0.277 e. The van der Waals surface area contributed by atoms with Crippen LogP contribution in [0.25, 0.3) is 0 Å². The van der Waals surface area contributed by atoms with Crippen LogP contribution in [-0.2, 0) is 4.74 Å². The van der Waals surface area contributed by atoms with Crippen molar-refractivity contribution in [3.8, 4) is 0 Å². The summed E-state index contributed by atoms with van der Waals surface area (Å²) >= 11 is 6.30. The molecule has 0 spiro atoms. The maximum absolute atomic E-state index is 13.4. The van der Waals surface area contributed by atoms with Gasteiger partial charge in [0.2, 0.25) is 0 Å². The van der Waals surface area contributed by atoms with E-state index >= 15 is 0 Å². The van der Waals surface area contributed by atoms with E-state index < -0.39 is 5.91 Å². The molecule has 0 aliphatic carbocycles. The van der Waals surface area contributed by atoms with E-state index in [0.717, 1.165) is 12.0 Å². The smallest absolute Gasteiger partial charge is 0.277 e. The lowest BCUT2D eigenvalue weighted by Gasteiger charge is -2.31.